The van der Waals surface area contributed by atoms with Gasteiger partial charge in [-0.25, -0.2) is 0 Å². The molecule has 5 heteroatoms. The minimum absolute atomic E-state index is 0.0367. The fourth-order valence-electron chi connectivity index (χ4n) is 2.84. The van der Waals surface area contributed by atoms with Gasteiger partial charge in [0, 0.05) is 19.2 Å². The number of aryl methyl sites for hydroxylation is 2. The molecular weight excluding hydrogens is 330 g/mol. The van der Waals surface area contributed by atoms with Gasteiger partial charge in [0.05, 0.1) is 20.8 Å². The van der Waals surface area contributed by atoms with Gasteiger partial charge in [-0.2, -0.15) is 0 Å². The molecule has 0 aliphatic carbocycles. The minimum Gasteiger partial charge on any atom is -0.494 e. The number of benzene rings is 2. The molecule has 0 atom stereocenters. The Kier molecular flexibility index (Phi) is 6.50. The van der Waals surface area contributed by atoms with Gasteiger partial charge in [0.1, 0.15) is 5.75 Å². The summed E-state index contributed by atoms with van der Waals surface area (Å²) in [4.78, 5) is 14.5. The van der Waals surface area contributed by atoms with E-state index in [2.05, 4.69) is 0 Å². The quantitative estimate of drug-likeness (QED) is 0.752. The molecule has 26 heavy (non-hydrogen) atoms. The SMILES string of the molecule is CCOc1ccc(C(=O)N(C)Cc2cc(OC)c(OC)cc2C)cc1C. The van der Waals surface area contributed by atoms with Crippen molar-refractivity contribution in [3.63, 3.8) is 0 Å². The second-order valence-corrected chi connectivity index (χ2v) is 6.21. The standard InChI is InChI=1S/C21H27NO4/c1-7-26-18-9-8-16(10-15(18)3)21(23)22(4)13-17-12-20(25-6)19(24-5)11-14(17)2/h8-12H,7,13H2,1-6H3. The van der Waals surface area contributed by atoms with Crippen molar-refractivity contribution in [3.8, 4) is 17.2 Å². The van der Waals surface area contributed by atoms with Gasteiger partial charge in [-0.1, -0.05) is 0 Å². The van der Waals surface area contributed by atoms with Crippen molar-refractivity contribution in [2.45, 2.75) is 27.3 Å². The fraction of sp³-hybridized carbons (Fsp3) is 0.381. The fourth-order valence-corrected chi connectivity index (χ4v) is 2.84. The van der Waals surface area contributed by atoms with Gasteiger partial charge in [0.25, 0.3) is 5.91 Å². The van der Waals surface area contributed by atoms with Gasteiger partial charge in [-0.15, -0.1) is 0 Å². The number of rotatable bonds is 7. The largest absolute Gasteiger partial charge is 0.494 e. The number of carbonyl (C=O) groups is 1. The van der Waals surface area contributed by atoms with Crippen LogP contribution in [-0.4, -0.2) is 38.7 Å². The highest BCUT2D eigenvalue weighted by Gasteiger charge is 2.16. The first-order valence-electron chi connectivity index (χ1n) is 8.61. The molecule has 2 rings (SSSR count). The average Bonchev–Trinajstić information content (AvgIpc) is 2.64. The van der Waals surface area contributed by atoms with E-state index in [-0.39, 0.29) is 5.91 Å². The monoisotopic (exact) mass is 357 g/mol. The van der Waals surface area contributed by atoms with Crippen LogP contribution in [0.25, 0.3) is 0 Å². The lowest BCUT2D eigenvalue weighted by Crippen LogP contribution is -2.26. The van der Waals surface area contributed by atoms with Crippen molar-refractivity contribution in [2.24, 2.45) is 0 Å². The van der Waals surface area contributed by atoms with Gasteiger partial charge in [0.15, 0.2) is 11.5 Å². The number of hydrogen-bond acceptors (Lipinski definition) is 4. The first-order chi connectivity index (χ1) is 12.4. The summed E-state index contributed by atoms with van der Waals surface area (Å²) in [5.41, 5.74) is 3.66. The van der Waals surface area contributed by atoms with Crippen LogP contribution in [0.15, 0.2) is 30.3 Å². The molecule has 0 saturated carbocycles. The van der Waals surface area contributed by atoms with Crippen LogP contribution in [0.3, 0.4) is 0 Å². The van der Waals surface area contributed by atoms with Crippen LogP contribution in [0.1, 0.15) is 34.0 Å². The molecule has 0 aliphatic rings. The molecule has 0 bridgehead atoms. The summed E-state index contributed by atoms with van der Waals surface area (Å²) >= 11 is 0. The Hall–Kier alpha value is -2.69. The Labute approximate surface area is 155 Å². The van der Waals surface area contributed by atoms with E-state index in [1.54, 1.807) is 32.2 Å². The summed E-state index contributed by atoms with van der Waals surface area (Å²) in [5, 5.41) is 0. The predicted octanol–water partition coefficient (Wildman–Crippen LogP) is 3.99. The zero-order valence-electron chi connectivity index (χ0n) is 16.4. The number of ether oxygens (including phenoxy) is 3. The lowest BCUT2D eigenvalue weighted by Gasteiger charge is -2.20. The minimum atomic E-state index is -0.0367. The molecule has 0 unspecified atom stereocenters. The Morgan fingerprint density at radius 2 is 1.62 bits per heavy atom. The van der Waals surface area contributed by atoms with Crippen LogP contribution in [0.4, 0.5) is 0 Å². The molecule has 1 amide bonds. The van der Waals surface area contributed by atoms with Crippen molar-refractivity contribution in [2.75, 3.05) is 27.9 Å². The molecule has 0 aromatic heterocycles. The van der Waals surface area contributed by atoms with E-state index in [4.69, 9.17) is 14.2 Å². The highest BCUT2D eigenvalue weighted by Crippen LogP contribution is 2.31. The number of amides is 1. The highest BCUT2D eigenvalue weighted by molar-refractivity contribution is 5.94. The summed E-state index contributed by atoms with van der Waals surface area (Å²) in [6.07, 6.45) is 0. The van der Waals surface area contributed by atoms with Crippen LogP contribution in [-0.2, 0) is 6.54 Å². The Bertz CT molecular complexity index is 786. The third-order valence-electron chi connectivity index (χ3n) is 4.32. The lowest BCUT2D eigenvalue weighted by atomic mass is 10.1. The van der Waals surface area contributed by atoms with E-state index in [0.29, 0.717) is 30.2 Å². The summed E-state index contributed by atoms with van der Waals surface area (Å²) in [6.45, 7) is 6.97. The Morgan fingerprint density at radius 3 is 2.19 bits per heavy atom. The molecule has 2 aromatic carbocycles. The second kappa shape index (κ2) is 8.61. The van der Waals surface area contributed by atoms with Crippen LogP contribution < -0.4 is 14.2 Å². The summed E-state index contributed by atoms with van der Waals surface area (Å²) in [7, 11) is 5.01. The van der Waals surface area contributed by atoms with E-state index >= 15 is 0 Å². The summed E-state index contributed by atoms with van der Waals surface area (Å²) in [5.74, 6) is 2.11. The van der Waals surface area contributed by atoms with Crippen molar-refractivity contribution in [1.29, 1.82) is 0 Å². The van der Waals surface area contributed by atoms with Crippen LogP contribution in [0.5, 0.6) is 17.2 Å². The van der Waals surface area contributed by atoms with E-state index in [9.17, 15) is 4.79 Å². The topological polar surface area (TPSA) is 48.0 Å². The molecule has 0 fully saturated rings. The molecule has 140 valence electrons. The molecule has 2 aromatic rings. The number of hydrogen-bond donors (Lipinski definition) is 0. The van der Waals surface area contributed by atoms with E-state index in [1.807, 2.05) is 45.0 Å². The zero-order valence-corrected chi connectivity index (χ0v) is 16.4. The normalized spacial score (nSPS) is 10.4. The molecule has 0 aliphatic heterocycles. The first kappa shape index (κ1) is 19.6. The van der Waals surface area contributed by atoms with Gasteiger partial charge in [-0.3, -0.25) is 4.79 Å². The maximum Gasteiger partial charge on any atom is 0.253 e. The van der Waals surface area contributed by atoms with Gasteiger partial charge in [-0.05, 0) is 67.8 Å². The zero-order chi connectivity index (χ0) is 19.3. The van der Waals surface area contributed by atoms with Gasteiger partial charge >= 0.3 is 0 Å². The third kappa shape index (κ3) is 4.28. The second-order valence-electron chi connectivity index (χ2n) is 6.21. The predicted molar refractivity (Wildman–Crippen MR) is 102 cm³/mol. The Balaban J connectivity index is 2.20. The third-order valence-corrected chi connectivity index (χ3v) is 4.32. The summed E-state index contributed by atoms with van der Waals surface area (Å²) in [6, 6.07) is 9.36. The number of methoxy groups -OCH3 is 2. The van der Waals surface area contributed by atoms with E-state index in [0.717, 1.165) is 22.4 Å². The van der Waals surface area contributed by atoms with Crippen LogP contribution >= 0.6 is 0 Å². The molecule has 0 saturated heterocycles. The van der Waals surface area contributed by atoms with Crippen molar-refractivity contribution in [3.05, 3.63) is 52.6 Å². The van der Waals surface area contributed by atoms with Crippen molar-refractivity contribution < 1.29 is 19.0 Å². The van der Waals surface area contributed by atoms with Crippen LogP contribution in [0, 0.1) is 13.8 Å². The smallest absolute Gasteiger partial charge is 0.253 e. The molecular formula is C21H27NO4. The molecule has 0 radical (unpaired) electrons. The van der Waals surface area contributed by atoms with E-state index < -0.39 is 0 Å². The molecule has 0 spiro atoms. The number of carbonyl (C=O) groups excluding carboxylic acids is 1. The average molecular weight is 357 g/mol. The highest BCUT2D eigenvalue weighted by atomic mass is 16.5. The van der Waals surface area contributed by atoms with Gasteiger partial charge in [0.2, 0.25) is 0 Å². The molecule has 5 nitrogen and oxygen atoms in total. The van der Waals surface area contributed by atoms with Crippen molar-refractivity contribution in [1.82, 2.24) is 4.90 Å². The Morgan fingerprint density at radius 1 is 0.962 bits per heavy atom. The maximum absolute atomic E-state index is 12.8. The molecule has 0 N–H and O–H groups in total. The summed E-state index contributed by atoms with van der Waals surface area (Å²) < 4.78 is 16.2. The molecule has 0 heterocycles. The van der Waals surface area contributed by atoms with Crippen LogP contribution in [0.2, 0.25) is 0 Å². The number of nitrogens with zero attached hydrogens (tertiary/aromatic N) is 1. The lowest BCUT2D eigenvalue weighted by molar-refractivity contribution is 0.0784. The first-order valence-corrected chi connectivity index (χ1v) is 8.61. The van der Waals surface area contributed by atoms with E-state index in [1.165, 1.54) is 0 Å². The van der Waals surface area contributed by atoms with Crippen molar-refractivity contribution >= 4 is 5.91 Å². The maximum atomic E-state index is 12.8. The van der Waals surface area contributed by atoms with Gasteiger partial charge < -0.3 is 19.1 Å².